The van der Waals surface area contributed by atoms with Gasteiger partial charge in [0.25, 0.3) is 5.91 Å². The van der Waals surface area contributed by atoms with Crippen LogP contribution in [0.1, 0.15) is 48.0 Å². The van der Waals surface area contributed by atoms with Gasteiger partial charge in [-0.25, -0.2) is 0 Å². The molecule has 3 saturated heterocycles. The second kappa shape index (κ2) is 17.9. The van der Waals surface area contributed by atoms with Gasteiger partial charge in [-0.15, -0.1) is 0 Å². The van der Waals surface area contributed by atoms with Crippen molar-refractivity contribution in [2.45, 2.75) is 44.7 Å². The summed E-state index contributed by atoms with van der Waals surface area (Å²) in [6, 6.07) is 19.4. The molecule has 2 atom stereocenters. The second-order valence-corrected chi connectivity index (χ2v) is 12.8. The highest BCUT2D eigenvalue weighted by atomic mass is 16.5. The molecule has 0 unspecified atom stereocenters. The van der Waals surface area contributed by atoms with Crippen LogP contribution >= 0.6 is 0 Å². The van der Waals surface area contributed by atoms with E-state index in [0.29, 0.717) is 64.2 Å². The summed E-state index contributed by atoms with van der Waals surface area (Å²) in [6.07, 6.45) is 3.29. The molecule has 0 aliphatic carbocycles. The molecule has 11 heteroatoms. The van der Waals surface area contributed by atoms with Gasteiger partial charge in [-0.2, -0.15) is 0 Å². The molecular formula is C36H49N5O6. The average Bonchev–Trinajstić information content (AvgIpc) is 3.09. The number of carbonyl (C=O) groups excluding carboxylic acids is 4. The number of nitrogens with one attached hydrogen (secondary N) is 2. The van der Waals surface area contributed by atoms with Gasteiger partial charge in [0.1, 0.15) is 6.61 Å². The lowest BCUT2D eigenvalue weighted by molar-refractivity contribution is -0.143. The van der Waals surface area contributed by atoms with E-state index in [0.717, 1.165) is 32.5 Å². The van der Waals surface area contributed by atoms with Crippen LogP contribution in [0.5, 0.6) is 0 Å². The van der Waals surface area contributed by atoms with Crippen LogP contribution < -0.4 is 10.6 Å². The molecule has 3 heterocycles. The van der Waals surface area contributed by atoms with Gasteiger partial charge >= 0.3 is 0 Å². The molecule has 0 spiro atoms. The number of ether oxygens (including phenoxy) is 2. The number of fused-ring (bicyclic) bond motifs is 1. The highest BCUT2D eigenvalue weighted by Crippen LogP contribution is 2.30. The van der Waals surface area contributed by atoms with Gasteiger partial charge in [0.2, 0.25) is 17.7 Å². The molecule has 2 aromatic rings. The Hall–Kier alpha value is -3.80. The van der Waals surface area contributed by atoms with Crippen LogP contribution in [-0.4, -0.2) is 117 Å². The first-order chi connectivity index (χ1) is 23.0. The van der Waals surface area contributed by atoms with Gasteiger partial charge in [0.05, 0.1) is 26.4 Å². The van der Waals surface area contributed by atoms with E-state index < -0.39 is 0 Å². The van der Waals surface area contributed by atoms with Crippen LogP contribution in [0.2, 0.25) is 0 Å². The highest BCUT2D eigenvalue weighted by molar-refractivity contribution is 5.94. The quantitative estimate of drug-likeness (QED) is 0.523. The van der Waals surface area contributed by atoms with Gasteiger partial charge in [0, 0.05) is 57.3 Å². The van der Waals surface area contributed by atoms with Crippen LogP contribution in [0.15, 0.2) is 60.7 Å². The lowest BCUT2D eigenvalue weighted by Crippen LogP contribution is -2.52. The first-order valence-corrected chi connectivity index (χ1v) is 17.0. The zero-order valence-corrected chi connectivity index (χ0v) is 27.3. The second-order valence-electron chi connectivity index (χ2n) is 12.8. The summed E-state index contributed by atoms with van der Waals surface area (Å²) in [5.41, 5.74) is 1.91. The Morgan fingerprint density at radius 1 is 0.745 bits per heavy atom. The Balaban J connectivity index is 1.21. The molecule has 0 radical (unpaired) electrons. The number of amides is 4. The predicted octanol–water partition coefficient (Wildman–Crippen LogP) is 2.32. The maximum atomic E-state index is 13.4. The molecule has 0 saturated carbocycles. The fourth-order valence-corrected chi connectivity index (χ4v) is 6.94. The van der Waals surface area contributed by atoms with Crippen molar-refractivity contribution < 1.29 is 28.7 Å². The van der Waals surface area contributed by atoms with Crippen LogP contribution in [0.25, 0.3) is 0 Å². The molecule has 3 aliphatic rings. The number of likely N-dealkylation sites (tertiary alicyclic amines) is 2. The molecule has 2 N–H and O–H groups in total. The summed E-state index contributed by atoms with van der Waals surface area (Å²) in [4.78, 5) is 58.4. The number of hydrogen-bond donors (Lipinski definition) is 2. The fourth-order valence-electron chi connectivity index (χ4n) is 6.94. The minimum absolute atomic E-state index is 0.0211. The number of nitrogens with zero attached hydrogens (tertiary/aromatic N) is 3. The summed E-state index contributed by atoms with van der Waals surface area (Å²) in [5, 5.41) is 6.05. The largest absolute Gasteiger partial charge is 0.377 e. The third-order valence-corrected chi connectivity index (χ3v) is 9.52. The predicted molar refractivity (Wildman–Crippen MR) is 177 cm³/mol. The van der Waals surface area contributed by atoms with Crippen molar-refractivity contribution in [3.63, 3.8) is 0 Å². The Kier molecular flexibility index (Phi) is 13.2. The van der Waals surface area contributed by atoms with Crippen molar-refractivity contribution in [1.82, 2.24) is 25.3 Å². The van der Waals surface area contributed by atoms with E-state index in [4.69, 9.17) is 9.47 Å². The standard InChI is InChI=1S/C36H49N5O6/c42-33-23-30-12-17-39(24-28-7-3-1-4-8-28)25-31(30)11-15-37-34(43)26-41(35(44)27-47-22-21-46-20-16-38-33)32-13-18-40(19-14-32)36(45)29-9-5-2-6-10-29/h1-10,30-32H,11-27H2,(H,37,43)(H,38,42)/t30-,31-/m0/s1. The summed E-state index contributed by atoms with van der Waals surface area (Å²) in [5.74, 6) is 0.00521. The number of piperidine rings is 2. The Morgan fingerprint density at radius 2 is 1.45 bits per heavy atom. The monoisotopic (exact) mass is 647 g/mol. The minimum atomic E-state index is -0.248. The first-order valence-electron chi connectivity index (χ1n) is 17.0. The fraction of sp³-hybridized carbons (Fsp3) is 0.556. The maximum absolute atomic E-state index is 13.4. The Morgan fingerprint density at radius 3 is 2.21 bits per heavy atom. The molecule has 0 aromatic heterocycles. The molecular weight excluding hydrogens is 598 g/mol. The number of hydrogen-bond acceptors (Lipinski definition) is 7. The van der Waals surface area contributed by atoms with Crippen molar-refractivity contribution in [3.8, 4) is 0 Å². The molecule has 4 amide bonds. The van der Waals surface area contributed by atoms with Gasteiger partial charge in [0.15, 0.2) is 0 Å². The number of benzene rings is 2. The van der Waals surface area contributed by atoms with E-state index in [1.54, 1.807) is 4.90 Å². The third kappa shape index (κ3) is 10.6. The van der Waals surface area contributed by atoms with Gasteiger partial charge < -0.3 is 29.9 Å². The molecule has 0 bridgehead atoms. The zero-order chi connectivity index (χ0) is 32.8. The Labute approximate surface area is 277 Å². The summed E-state index contributed by atoms with van der Waals surface area (Å²) < 4.78 is 11.2. The van der Waals surface area contributed by atoms with Gasteiger partial charge in [-0.05, 0) is 61.8 Å². The topological polar surface area (TPSA) is 121 Å². The van der Waals surface area contributed by atoms with Crippen molar-refractivity contribution in [2.75, 3.05) is 72.2 Å². The number of rotatable bonds is 4. The van der Waals surface area contributed by atoms with Crippen molar-refractivity contribution in [3.05, 3.63) is 71.8 Å². The lowest BCUT2D eigenvalue weighted by atomic mass is 9.80. The average molecular weight is 648 g/mol. The molecule has 3 fully saturated rings. The van der Waals surface area contributed by atoms with E-state index in [9.17, 15) is 19.2 Å². The zero-order valence-electron chi connectivity index (χ0n) is 27.3. The van der Waals surface area contributed by atoms with E-state index in [-0.39, 0.29) is 61.3 Å². The molecule has 5 rings (SSSR count). The number of carbonyl (C=O) groups is 4. The first kappa shape index (κ1) is 34.5. The molecule has 47 heavy (non-hydrogen) atoms. The maximum Gasteiger partial charge on any atom is 0.253 e. The van der Waals surface area contributed by atoms with Crippen LogP contribution in [0.4, 0.5) is 0 Å². The minimum Gasteiger partial charge on any atom is -0.377 e. The third-order valence-electron chi connectivity index (χ3n) is 9.52. The normalized spacial score (nSPS) is 23.9. The summed E-state index contributed by atoms with van der Waals surface area (Å²) >= 11 is 0. The van der Waals surface area contributed by atoms with E-state index >= 15 is 0 Å². The lowest BCUT2D eigenvalue weighted by Gasteiger charge is -2.39. The van der Waals surface area contributed by atoms with Crippen molar-refractivity contribution in [2.24, 2.45) is 11.8 Å². The summed E-state index contributed by atoms with van der Waals surface area (Å²) in [6.45, 7) is 5.22. The molecule has 3 aliphatic heterocycles. The van der Waals surface area contributed by atoms with Gasteiger partial charge in [-0.3, -0.25) is 24.1 Å². The van der Waals surface area contributed by atoms with Crippen molar-refractivity contribution in [1.29, 1.82) is 0 Å². The van der Waals surface area contributed by atoms with Crippen LogP contribution in [0.3, 0.4) is 0 Å². The SMILES string of the molecule is O=C1C[C@@H]2CCN(Cc3ccccc3)C[C@@H]2CCNC(=O)CN(C2CCN(C(=O)c3ccccc3)CC2)C(=O)COCCOCCN1. The molecule has 2 aromatic carbocycles. The van der Waals surface area contributed by atoms with Crippen LogP contribution in [0, 0.1) is 11.8 Å². The van der Waals surface area contributed by atoms with E-state index in [1.165, 1.54) is 5.56 Å². The van der Waals surface area contributed by atoms with Crippen LogP contribution in [-0.2, 0) is 30.4 Å². The highest BCUT2D eigenvalue weighted by Gasteiger charge is 2.33. The summed E-state index contributed by atoms with van der Waals surface area (Å²) in [7, 11) is 0. The Bertz CT molecular complexity index is 1300. The molecule has 254 valence electrons. The molecule has 11 nitrogen and oxygen atoms in total. The van der Waals surface area contributed by atoms with Crippen molar-refractivity contribution >= 4 is 23.6 Å². The van der Waals surface area contributed by atoms with E-state index in [1.807, 2.05) is 41.3 Å². The van der Waals surface area contributed by atoms with E-state index in [2.05, 4.69) is 39.8 Å². The van der Waals surface area contributed by atoms with Gasteiger partial charge in [-0.1, -0.05) is 48.5 Å². The smallest absolute Gasteiger partial charge is 0.253 e.